The van der Waals surface area contributed by atoms with Crippen LogP contribution in [0.15, 0.2) is 53.3 Å². The lowest BCUT2D eigenvalue weighted by molar-refractivity contribution is 0.0920. The van der Waals surface area contributed by atoms with Crippen LogP contribution < -0.4 is 10.9 Å². The van der Waals surface area contributed by atoms with Gasteiger partial charge in [-0.15, -0.1) is 0 Å². The van der Waals surface area contributed by atoms with E-state index >= 15 is 0 Å². The third-order valence-corrected chi connectivity index (χ3v) is 3.12. The summed E-state index contributed by atoms with van der Waals surface area (Å²) >= 11 is 0. The molecule has 1 amide bonds. The molecule has 0 bridgehead atoms. The first-order valence-electron chi connectivity index (χ1n) is 6.63. The molecule has 0 aliphatic carbocycles. The zero-order valence-electron chi connectivity index (χ0n) is 11.6. The molecule has 4 nitrogen and oxygen atoms in total. The van der Waals surface area contributed by atoms with Crippen LogP contribution >= 0.6 is 0 Å². The zero-order valence-corrected chi connectivity index (χ0v) is 11.6. The Hall–Kier alpha value is -2.36. The molecule has 1 heterocycles. The lowest BCUT2D eigenvalue weighted by Gasteiger charge is -2.22. The molecule has 104 valence electrons. The minimum atomic E-state index is -0.279. The standard InChI is InChI=1S/C16H18N2O2/c1-11(2)15(12-7-4-3-5-8-12)18-16(20)13-9-6-10-14(19)17-13/h3-11,15H,1-2H3,(H,17,19)(H,18,20). The van der Waals surface area contributed by atoms with Crippen molar-refractivity contribution < 1.29 is 4.79 Å². The Bertz CT molecular complexity index is 632. The van der Waals surface area contributed by atoms with Crippen molar-refractivity contribution in [2.75, 3.05) is 0 Å². The van der Waals surface area contributed by atoms with Crippen molar-refractivity contribution in [1.29, 1.82) is 0 Å². The van der Waals surface area contributed by atoms with E-state index in [4.69, 9.17) is 0 Å². The summed E-state index contributed by atoms with van der Waals surface area (Å²) in [5.41, 5.74) is 1.05. The number of benzene rings is 1. The Kier molecular flexibility index (Phi) is 4.35. The fraction of sp³-hybridized carbons (Fsp3) is 0.250. The number of nitrogens with one attached hydrogen (secondary N) is 2. The highest BCUT2D eigenvalue weighted by molar-refractivity contribution is 5.92. The van der Waals surface area contributed by atoms with Crippen LogP contribution in [-0.2, 0) is 0 Å². The Morgan fingerprint density at radius 2 is 1.75 bits per heavy atom. The molecule has 20 heavy (non-hydrogen) atoms. The maximum Gasteiger partial charge on any atom is 0.268 e. The Balaban J connectivity index is 2.21. The Labute approximate surface area is 117 Å². The van der Waals surface area contributed by atoms with E-state index in [1.165, 1.54) is 6.07 Å². The van der Waals surface area contributed by atoms with Crippen LogP contribution in [0.3, 0.4) is 0 Å². The second kappa shape index (κ2) is 6.19. The van der Waals surface area contributed by atoms with Gasteiger partial charge in [-0.05, 0) is 17.5 Å². The summed E-state index contributed by atoms with van der Waals surface area (Å²) in [6.07, 6.45) is 0. The van der Waals surface area contributed by atoms with E-state index in [-0.39, 0.29) is 29.1 Å². The quantitative estimate of drug-likeness (QED) is 0.896. The van der Waals surface area contributed by atoms with E-state index in [0.29, 0.717) is 0 Å². The maximum atomic E-state index is 12.2. The van der Waals surface area contributed by atoms with Gasteiger partial charge in [-0.3, -0.25) is 9.59 Å². The molecule has 4 heteroatoms. The number of aromatic amines is 1. The largest absolute Gasteiger partial charge is 0.344 e. The van der Waals surface area contributed by atoms with E-state index in [9.17, 15) is 9.59 Å². The highest BCUT2D eigenvalue weighted by Crippen LogP contribution is 2.21. The van der Waals surface area contributed by atoms with Crippen molar-refractivity contribution >= 4 is 5.91 Å². The van der Waals surface area contributed by atoms with Gasteiger partial charge in [0.2, 0.25) is 5.56 Å². The number of H-pyrrole nitrogens is 1. The third-order valence-electron chi connectivity index (χ3n) is 3.12. The van der Waals surface area contributed by atoms with Gasteiger partial charge in [-0.25, -0.2) is 0 Å². The molecule has 1 aromatic carbocycles. The number of carbonyl (C=O) groups is 1. The van der Waals surface area contributed by atoms with Crippen LogP contribution in [0.5, 0.6) is 0 Å². The predicted molar refractivity (Wildman–Crippen MR) is 78.5 cm³/mol. The van der Waals surface area contributed by atoms with E-state index in [2.05, 4.69) is 10.3 Å². The highest BCUT2D eigenvalue weighted by Gasteiger charge is 2.19. The van der Waals surface area contributed by atoms with Crippen LogP contribution in [0.25, 0.3) is 0 Å². The van der Waals surface area contributed by atoms with Crippen LogP contribution in [0.1, 0.15) is 35.9 Å². The predicted octanol–water partition coefficient (Wildman–Crippen LogP) is 2.50. The van der Waals surface area contributed by atoms with Crippen LogP contribution in [0.2, 0.25) is 0 Å². The number of hydrogen-bond donors (Lipinski definition) is 2. The molecule has 0 radical (unpaired) electrons. The Morgan fingerprint density at radius 3 is 2.35 bits per heavy atom. The van der Waals surface area contributed by atoms with Gasteiger partial charge in [0.05, 0.1) is 6.04 Å². The fourth-order valence-electron chi connectivity index (χ4n) is 2.09. The van der Waals surface area contributed by atoms with Gasteiger partial charge < -0.3 is 10.3 Å². The summed E-state index contributed by atoms with van der Waals surface area (Å²) in [5, 5.41) is 2.97. The van der Waals surface area contributed by atoms with E-state index in [0.717, 1.165) is 5.56 Å². The van der Waals surface area contributed by atoms with Gasteiger partial charge in [-0.2, -0.15) is 0 Å². The van der Waals surface area contributed by atoms with Crippen molar-refractivity contribution in [1.82, 2.24) is 10.3 Å². The SMILES string of the molecule is CC(C)C(NC(=O)c1cccc(=O)[nH]1)c1ccccc1. The van der Waals surface area contributed by atoms with Crippen molar-refractivity contribution in [3.05, 3.63) is 70.1 Å². The second-order valence-corrected chi connectivity index (χ2v) is 5.03. The normalized spacial score (nSPS) is 12.2. The summed E-state index contributed by atoms with van der Waals surface area (Å²) in [7, 11) is 0. The molecule has 2 aromatic rings. The molecule has 0 aliphatic heterocycles. The molecule has 0 aliphatic rings. The molecule has 2 N–H and O–H groups in total. The van der Waals surface area contributed by atoms with E-state index in [1.807, 2.05) is 44.2 Å². The van der Waals surface area contributed by atoms with Crippen LogP contribution in [-0.4, -0.2) is 10.9 Å². The monoisotopic (exact) mass is 270 g/mol. The van der Waals surface area contributed by atoms with Crippen LogP contribution in [0, 0.1) is 5.92 Å². The number of hydrogen-bond acceptors (Lipinski definition) is 2. The number of rotatable bonds is 4. The van der Waals surface area contributed by atoms with Crippen molar-refractivity contribution in [3.8, 4) is 0 Å². The minimum absolute atomic E-state index is 0.0904. The molecule has 1 atom stereocenters. The molecular weight excluding hydrogens is 252 g/mol. The average molecular weight is 270 g/mol. The van der Waals surface area contributed by atoms with Crippen molar-refractivity contribution in [3.63, 3.8) is 0 Å². The zero-order chi connectivity index (χ0) is 14.5. The van der Waals surface area contributed by atoms with Crippen LogP contribution in [0.4, 0.5) is 0 Å². The fourth-order valence-corrected chi connectivity index (χ4v) is 2.09. The number of amides is 1. The smallest absolute Gasteiger partial charge is 0.268 e. The number of aromatic nitrogens is 1. The molecule has 0 fully saturated rings. The summed E-state index contributed by atoms with van der Waals surface area (Å²) in [6, 6.07) is 14.3. The molecule has 2 rings (SSSR count). The van der Waals surface area contributed by atoms with E-state index < -0.39 is 0 Å². The van der Waals surface area contributed by atoms with Gasteiger partial charge in [0.25, 0.3) is 5.91 Å². The number of carbonyl (C=O) groups excluding carboxylic acids is 1. The number of pyridine rings is 1. The van der Waals surface area contributed by atoms with Crippen molar-refractivity contribution in [2.24, 2.45) is 5.92 Å². The Morgan fingerprint density at radius 1 is 1.05 bits per heavy atom. The van der Waals surface area contributed by atoms with Crippen molar-refractivity contribution in [2.45, 2.75) is 19.9 Å². The second-order valence-electron chi connectivity index (χ2n) is 5.03. The van der Waals surface area contributed by atoms with Gasteiger partial charge in [0.1, 0.15) is 5.69 Å². The summed E-state index contributed by atoms with van der Waals surface area (Å²) in [5.74, 6) is -0.0259. The molecule has 1 unspecified atom stereocenters. The highest BCUT2D eigenvalue weighted by atomic mass is 16.2. The lowest BCUT2D eigenvalue weighted by Crippen LogP contribution is -2.33. The summed E-state index contributed by atoms with van der Waals surface area (Å²) < 4.78 is 0. The molecule has 0 spiro atoms. The molecule has 0 saturated carbocycles. The first-order valence-corrected chi connectivity index (χ1v) is 6.63. The average Bonchev–Trinajstić information content (AvgIpc) is 2.45. The van der Waals surface area contributed by atoms with Gasteiger partial charge >= 0.3 is 0 Å². The first-order chi connectivity index (χ1) is 9.58. The van der Waals surface area contributed by atoms with Gasteiger partial charge in [0.15, 0.2) is 0 Å². The molecular formula is C16H18N2O2. The molecule has 1 aromatic heterocycles. The first kappa shape index (κ1) is 14.1. The van der Waals surface area contributed by atoms with Gasteiger partial charge in [-0.1, -0.05) is 50.2 Å². The summed E-state index contributed by atoms with van der Waals surface area (Å²) in [6.45, 7) is 4.09. The topological polar surface area (TPSA) is 62.0 Å². The minimum Gasteiger partial charge on any atom is -0.344 e. The molecule has 0 saturated heterocycles. The van der Waals surface area contributed by atoms with E-state index in [1.54, 1.807) is 12.1 Å². The lowest BCUT2D eigenvalue weighted by atomic mass is 9.96. The third kappa shape index (κ3) is 3.35. The summed E-state index contributed by atoms with van der Waals surface area (Å²) in [4.78, 5) is 26.0. The maximum absolute atomic E-state index is 12.2. The van der Waals surface area contributed by atoms with Gasteiger partial charge in [0, 0.05) is 6.07 Å².